The Labute approximate surface area is 366 Å². The third kappa shape index (κ3) is 15.7. The van der Waals surface area contributed by atoms with E-state index in [1.54, 1.807) is 41.5 Å². The third-order valence-electron chi connectivity index (χ3n) is 10.9. The monoisotopic (exact) mass is 897 g/mol. The number of carbonyl (C=O) groups is 10. The first-order valence-electron chi connectivity index (χ1n) is 21.3. The summed E-state index contributed by atoms with van der Waals surface area (Å²) in [6, 6.07) is -11.3. The fraction of sp³-hybridized carbons (Fsp3) is 0.750. The normalized spacial score (nSPS) is 19.6. The Bertz CT molecular complexity index is 1680. The standard InChI is InChI=1S/C40H67N9O14/c1-19(2)16-24(32(54)47-31(21(5)6)37(59)43-23(40(62)63)12-13-29(52)53)44-34(56)28-11-9-15-49(28)39(61)26(18-51)46-35(57)27-10-8-14-48(27)38(60)22(7)42-33(55)25(17-50)45-36(58)30(41)20(3)4/h19-28,30-31,50-51H,8-18,41H2,1-7H3,(H,42,55)(H,43,59)(H,44,56)(H,45,58)(H,46,57)(H,47,54)(H,52,53)(H,62,63)/t22-,23-,24-,25-,26-,27-,28-,30-,31-/m0/s1. The highest BCUT2D eigenvalue weighted by Gasteiger charge is 2.42. The molecular weight excluding hydrogens is 830 g/mol. The Hall–Kier alpha value is -5.42. The zero-order valence-corrected chi connectivity index (χ0v) is 37.0. The summed E-state index contributed by atoms with van der Waals surface area (Å²) in [5, 5.41) is 53.3. The lowest BCUT2D eigenvalue weighted by molar-refractivity contribution is -0.145. The molecule has 0 aliphatic carbocycles. The van der Waals surface area contributed by atoms with Crippen LogP contribution in [0.25, 0.3) is 0 Å². The molecule has 2 fully saturated rings. The van der Waals surface area contributed by atoms with Crippen LogP contribution in [-0.2, 0) is 47.9 Å². The van der Waals surface area contributed by atoms with Crippen LogP contribution < -0.4 is 37.6 Å². The van der Waals surface area contributed by atoms with Crippen molar-refractivity contribution in [3.63, 3.8) is 0 Å². The average Bonchev–Trinajstić information content (AvgIpc) is 3.91. The predicted molar refractivity (Wildman–Crippen MR) is 223 cm³/mol. The molecule has 0 unspecified atom stereocenters. The van der Waals surface area contributed by atoms with E-state index in [1.807, 2.05) is 0 Å². The summed E-state index contributed by atoms with van der Waals surface area (Å²) in [7, 11) is 0. The number of aliphatic carboxylic acids is 2. The number of carboxylic acid groups (broad SMARTS) is 2. The van der Waals surface area contributed by atoms with Crippen LogP contribution >= 0.6 is 0 Å². The van der Waals surface area contributed by atoms with Crippen LogP contribution in [0, 0.1) is 17.8 Å². The number of hydrogen-bond acceptors (Lipinski definition) is 13. The molecule has 12 N–H and O–H groups in total. The van der Waals surface area contributed by atoms with E-state index in [9.17, 15) is 63.3 Å². The quantitative estimate of drug-likeness (QED) is 0.0448. The van der Waals surface area contributed by atoms with Gasteiger partial charge in [-0.05, 0) is 63.2 Å². The van der Waals surface area contributed by atoms with E-state index in [0.717, 1.165) is 0 Å². The molecule has 2 aliphatic rings. The second-order valence-corrected chi connectivity index (χ2v) is 17.1. The number of nitrogens with two attached hydrogens (primary N) is 1. The van der Waals surface area contributed by atoms with Gasteiger partial charge in [0, 0.05) is 19.5 Å². The van der Waals surface area contributed by atoms with Gasteiger partial charge in [0.2, 0.25) is 47.3 Å². The van der Waals surface area contributed by atoms with Gasteiger partial charge >= 0.3 is 11.9 Å². The van der Waals surface area contributed by atoms with E-state index in [2.05, 4.69) is 31.9 Å². The molecule has 0 aromatic rings. The lowest BCUT2D eigenvalue weighted by Gasteiger charge is -2.32. The van der Waals surface area contributed by atoms with Gasteiger partial charge in [0.1, 0.15) is 48.3 Å². The van der Waals surface area contributed by atoms with Gasteiger partial charge in [-0.2, -0.15) is 0 Å². The number of rotatable bonds is 24. The first-order chi connectivity index (χ1) is 29.4. The van der Waals surface area contributed by atoms with Crippen molar-refractivity contribution in [3.8, 4) is 0 Å². The van der Waals surface area contributed by atoms with E-state index in [4.69, 9.17) is 10.8 Å². The van der Waals surface area contributed by atoms with Crippen LogP contribution in [0.3, 0.4) is 0 Å². The number of nitrogens with zero attached hydrogens (tertiary/aromatic N) is 2. The molecule has 0 saturated carbocycles. The third-order valence-corrected chi connectivity index (χ3v) is 10.9. The van der Waals surface area contributed by atoms with Gasteiger partial charge in [-0.3, -0.25) is 43.2 Å². The average molecular weight is 898 g/mol. The molecule has 9 atom stereocenters. The molecule has 23 heteroatoms. The SMILES string of the molecule is CC(C)C[C@H](NC(=O)[C@@H]1CCCN1C(=O)[C@H](CO)NC(=O)[C@@H]1CCCN1C(=O)[C@H](C)NC(=O)[C@H](CO)NC(=O)[C@@H](N)C(C)C)C(=O)N[C@H](C(=O)N[C@@H](CCC(=O)O)C(=O)O)C(C)C. The maximum Gasteiger partial charge on any atom is 0.326 e. The van der Waals surface area contributed by atoms with Crippen molar-refractivity contribution in [2.75, 3.05) is 26.3 Å². The second-order valence-electron chi connectivity index (χ2n) is 17.1. The van der Waals surface area contributed by atoms with Crippen molar-refractivity contribution >= 4 is 59.2 Å². The molecule has 2 rings (SSSR count). The summed E-state index contributed by atoms with van der Waals surface area (Å²) in [6.07, 6.45) is 0.279. The van der Waals surface area contributed by atoms with Crippen molar-refractivity contribution in [1.29, 1.82) is 0 Å². The van der Waals surface area contributed by atoms with Crippen LogP contribution in [-0.4, -0.2) is 170 Å². The minimum Gasteiger partial charge on any atom is -0.481 e. The number of aliphatic hydroxyl groups excluding tert-OH is 2. The topological polar surface area (TPSA) is 356 Å². The van der Waals surface area contributed by atoms with Crippen molar-refractivity contribution in [1.82, 2.24) is 41.7 Å². The smallest absolute Gasteiger partial charge is 0.326 e. The molecule has 356 valence electrons. The molecule has 0 bridgehead atoms. The summed E-state index contributed by atoms with van der Waals surface area (Å²) >= 11 is 0. The molecule has 0 aromatic heterocycles. The Kier molecular flexibility index (Phi) is 21.3. The maximum atomic E-state index is 13.8. The minimum absolute atomic E-state index is 0.0660. The molecule has 0 spiro atoms. The van der Waals surface area contributed by atoms with Crippen LogP contribution in [0.1, 0.15) is 93.4 Å². The first-order valence-corrected chi connectivity index (χ1v) is 21.3. The van der Waals surface area contributed by atoms with E-state index in [0.29, 0.717) is 12.8 Å². The van der Waals surface area contributed by atoms with Gasteiger partial charge in [0.05, 0.1) is 19.3 Å². The molecule has 8 amide bonds. The summed E-state index contributed by atoms with van der Waals surface area (Å²) in [4.78, 5) is 132. The summed E-state index contributed by atoms with van der Waals surface area (Å²) < 4.78 is 0. The first kappa shape index (κ1) is 53.7. The van der Waals surface area contributed by atoms with Gasteiger partial charge in [-0.15, -0.1) is 0 Å². The highest BCUT2D eigenvalue weighted by Crippen LogP contribution is 2.22. The minimum atomic E-state index is -1.54. The number of aliphatic hydroxyl groups is 2. The van der Waals surface area contributed by atoms with Crippen molar-refractivity contribution in [3.05, 3.63) is 0 Å². The molecule has 63 heavy (non-hydrogen) atoms. The van der Waals surface area contributed by atoms with Gasteiger partial charge in [0.15, 0.2) is 0 Å². The van der Waals surface area contributed by atoms with Crippen LogP contribution in [0.2, 0.25) is 0 Å². The summed E-state index contributed by atoms with van der Waals surface area (Å²) in [6.45, 7) is 10.1. The number of carboxylic acids is 2. The maximum absolute atomic E-state index is 13.8. The second kappa shape index (κ2) is 25.0. The highest BCUT2D eigenvalue weighted by molar-refractivity contribution is 5.98. The largest absolute Gasteiger partial charge is 0.481 e. The fourth-order valence-electron chi connectivity index (χ4n) is 7.20. The van der Waals surface area contributed by atoms with Gasteiger partial charge in [-0.1, -0.05) is 41.5 Å². The van der Waals surface area contributed by atoms with E-state index >= 15 is 0 Å². The van der Waals surface area contributed by atoms with E-state index in [-0.39, 0.29) is 44.2 Å². The van der Waals surface area contributed by atoms with E-state index < -0.39 is 146 Å². The molecule has 0 radical (unpaired) electrons. The van der Waals surface area contributed by atoms with Gasteiger partial charge in [-0.25, -0.2) is 4.79 Å². The summed E-state index contributed by atoms with van der Waals surface area (Å²) in [5.74, 6) is -9.83. The predicted octanol–water partition coefficient (Wildman–Crippen LogP) is -3.48. The van der Waals surface area contributed by atoms with Crippen molar-refractivity contribution in [2.24, 2.45) is 23.5 Å². The Morgan fingerprint density at radius 2 is 1.08 bits per heavy atom. The Morgan fingerprint density at radius 3 is 1.54 bits per heavy atom. The fourth-order valence-corrected chi connectivity index (χ4v) is 7.20. The molecule has 2 heterocycles. The lowest BCUT2D eigenvalue weighted by Crippen LogP contribution is -2.60. The van der Waals surface area contributed by atoms with Crippen molar-refractivity contribution < 1.29 is 68.4 Å². The Morgan fingerprint density at radius 1 is 0.587 bits per heavy atom. The van der Waals surface area contributed by atoms with Crippen LogP contribution in [0.15, 0.2) is 0 Å². The van der Waals surface area contributed by atoms with E-state index in [1.165, 1.54) is 16.7 Å². The lowest BCUT2D eigenvalue weighted by atomic mass is 9.99. The zero-order valence-electron chi connectivity index (χ0n) is 37.0. The van der Waals surface area contributed by atoms with Crippen LogP contribution in [0.4, 0.5) is 0 Å². The van der Waals surface area contributed by atoms with Gasteiger partial charge < -0.3 is 67.9 Å². The van der Waals surface area contributed by atoms with Crippen molar-refractivity contribution in [2.45, 2.75) is 148 Å². The number of likely N-dealkylation sites (tertiary alicyclic amines) is 2. The molecule has 2 aliphatic heterocycles. The number of amides is 8. The number of nitrogens with one attached hydrogen (secondary N) is 6. The zero-order chi connectivity index (χ0) is 47.9. The molecule has 0 aromatic carbocycles. The summed E-state index contributed by atoms with van der Waals surface area (Å²) in [5.41, 5.74) is 5.83. The number of carbonyl (C=O) groups excluding carboxylic acids is 8. The molecular formula is C40H67N9O14. The molecule has 2 saturated heterocycles. The molecule has 23 nitrogen and oxygen atoms in total. The number of hydrogen-bond donors (Lipinski definition) is 11. The van der Waals surface area contributed by atoms with Gasteiger partial charge in [0.25, 0.3) is 0 Å². The Balaban J connectivity index is 2.14. The van der Waals surface area contributed by atoms with Crippen LogP contribution in [0.5, 0.6) is 0 Å². The highest BCUT2D eigenvalue weighted by atomic mass is 16.4.